The van der Waals surface area contributed by atoms with Gasteiger partial charge in [0.2, 0.25) is 0 Å². The zero-order valence-electron chi connectivity index (χ0n) is 23.2. The number of hydrogen-bond donors (Lipinski definition) is 0. The molecule has 0 radical (unpaired) electrons. The molecule has 0 N–H and O–H groups in total. The molecule has 0 amide bonds. The van der Waals surface area contributed by atoms with Crippen LogP contribution in [0.15, 0.2) is 73.6 Å². The molecule has 0 spiro atoms. The van der Waals surface area contributed by atoms with Crippen molar-refractivity contribution in [3.05, 3.63) is 79.1 Å². The van der Waals surface area contributed by atoms with Gasteiger partial charge in [0.1, 0.15) is 0 Å². The maximum absolute atomic E-state index is 4.44. The van der Waals surface area contributed by atoms with Crippen LogP contribution >= 0.6 is 0 Å². The molecular formula is C32H44N4. The van der Waals surface area contributed by atoms with Crippen molar-refractivity contribution >= 4 is 10.9 Å². The first kappa shape index (κ1) is 27.6. The highest BCUT2D eigenvalue weighted by Crippen LogP contribution is 2.24. The van der Waals surface area contributed by atoms with Gasteiger partial charge in [-0.05, 0) is 72.8 Å². The van der Waals surface area contributed by atoms with Crippen molar-refractivity contribution < 1.29 is 0 Å². The Labute approximate surface area is 218 Å². The maximum Gasteiger partial charge on any atom is 0.0953 e. The van der Waals surface area contributed by atoms with Gasteiger partial charge in [-0.15, -0.1) is 0 Å². The number of aryl methyl sites for hydroxylation is 2. The van der Waals surface area contributed by atoms with Crippen LogP contribution in [0, 0.1) is 10.8 Å². The number of rotatable bonds is 8. The molecule has 0 aliphatic heterocycles. The van der Waals surface area contributed by atoms with E-state index in [0.717, 1.165) is 29.7 Å². The summed E-state index contributed by atoms with van der Waals surface area (Å²) < 4.78 is 2.17. The smallest absolute Gasteiger partial charge is 0.0953 e. The van der Waals surface area contributed by atoms with E-state index in [-0.39, 0.29) is 0 Å². The summed E-state index contributed by atoms with van der Waals surface area (Å²) in [7, 11) is 0. The number of hydrogen-bond acceptors (Lipinski definition) is 3. The lowest BCUT2D eigenvalue weighted by Gasteiger charge is -2.17. The van der Waals surface area contributed by atoms with Crippen LogP contribution in [0.3, 0.4) is 0 Å². The largest absolute Gasteiger partial charge is 0.337 e. The van der Waals surface area contributed by atoms with Crippen molar-refractivity contribution in [1.29, 1.82) is 0 Å². The molecule has 4 heteroatoms. The molecule has 3 aromatic heterocycles. The first-order valence-corrected chi connectivity index (χ1v) is 13.4. The normalized spacial score (nSPS) is 11.8. The van der Waals surface area contributed by atoms with Crippen LogP contribution in [0.1, 0.15) is 79.2 Å². The van der Waals surface area contributed by atoms with Crippen molar-refractivity contribution in [3.63, 3.8) is 0 Å². The first-order chi connectivity index (χ1) is 17.1. The van der Waals surface area contributed by atoms with Crippen LogP contribution in [-0.2, 0) is 13.0 Å². The van der Waals surface area contributed by atoms with Crippen molar-refractivity contribution in [3.8, 4) is 11.3 Å². The molecule has 0 aliphatic rings. The molecule has 0 fully saturated rings. The standard InChI is InChI=1S/C16H23N3.C16H21N/c1-16(2,3)8-4-5-10-19-12-15(18-13-19)14-7-6-9-17-11-14;1-16(2,3)11-6-7-13-10-12-17-15-9-5-4-8-14(13)15/h6-7,9,11-13H,4-5,8,10H2,1-3H3;4-5,8-10,12H,6-7,11H2,1-3H3. The summed E-state index contributed by atoms with van der Waals surface area (Å²) in [6, 6.07) is 14.5. The Kier molecular flexibility index (Phi) is 9.81. The molecule has 0 bridgehead atoms. The molecule has 0 unspecified atom stereocenters. The van der Waals surface area contributed by atoms with Gasteiger partial charge in [0, 0.05) is 42.3 Å². The Bertz CT molecular complexity index is 1170. The average molecular weight is 485 g/mol. The van der Waals surface area contributed by atoms with Gasteiger partial charge >= 0.3 is 0 Å². The highest BCUT2D eigenvalue weighted by atomic mass is 15.0. The van der Waals surface area contributed by atoms with Crippen LogP contribution < -0.4 is 0 Å². The Balaban J connectivity index is 0.000000202. The molecule has 0 saturated heterocycles. The topological polar surface area (TPSA) is 43.6 Å². The Morgan fingerprint density at radius 2 is 1.50 bits per heavy atom. The van der Waals surface area contributed by atoms with Gasteiger partial charge in [-0.25, -0.2) is 4.98 Å². The molecule has 1 aromatic carbocycles. The number of pyridine rings is 2. The molecular weight excluding hydrogens is 440 g/mol. The van der Waals surface area contributed by atoms with Crippen LogP contribution in [0.25, 0.3) is 22.2 Å². The summed E-state index contributed by atoms with van der Waals surface area (Å²) in [6.45, 7) is 14.8. The van der Waals surface area contributed by atoms with Gasteiger partial charge in [-0.3, -0.25) is 9.97 Å². The lowest BCUT2D eigenvalue weighted by molar-refractivity contribution is 0.355. The van der Waals surface area contributed by atoms with Crippen molar-refractivity contribution in [2.24, 2.45) is 10.8 Å². The highest BCUT2D eigenvalue weighted by molar-refractivity contribution is 5.81. The number of nitrogens with zero attached hydrogens (tertiary/aromatic N) is 4. The summed E-state index contributed by atoms with van der Waals surface area (Å²) in [5, 5.41) is 1.31. The van der Waals surface area contributed by atoms with E-state index in [9.17, 15) is 0 Å². The minimum Gasteiger partial charge on any atom is -0.337 e. The number of imidazole rings is 1. The third-order valence-corrected chi connectivity index (χ3v) is 6.30. The molecule has 4 nitrogen and oxygen atoms in total. The summed E-state index contributed by atoms with van der Waals surface area (Å²) in [5.74, 6) is 0. The van der Waals surface area contributed by atoms with Crippen molar-refractivity contribution in [2.75, 3.05) is 0 Å². The number of unbranched alkanes of at least 4 members (excludes halogenated alkanes) is 1. The number of para-hydroxylation sites is 1. The van der Waals surface area contributed by atoms with E-state index in [0.29, 0.717) is 10.8 Å². The lowest BCUT2D eigenvalue weighted by atomic mass is 9.88. The summed E-state index contributed by atoms with van der Waals surface area (Å²) >= 11 is 0. The van der Waals surface area contributed by atoms with Gasteiger partial charge in [-0.2, -0.15) is 0 Å². The second-order valence-corrected chi connectivity index (χ2v) is 12.2. The molecule has 0 atom stereocenters. The molecule has 0 aliphatic carbocycles. The van der Waals surface area contributed by atoms with Crippen molar-refractivity contribution in [1.82, 2.24) is 19.5 Å². The minimum atomic E-state index is 0.433. The molecule has 4 rings (SSSR count). The van der Waals surface area contributed by atoms with E-state index >= 15 is 0 Å². The second kappa shape index (κ2) is 12.8. The summed E-state index contributed by atoms with van der Waals surface area (Å²) in [4.78, 5) is 13.0. The van der Waals surface area contributed by atoms with Crippen LogP contribution in [0.4, 0.5) is 0 Å². The van der Waals surface area contributed by atoms with Gasteiger partial charge in [0.15, 0.2) is 0 Å². The Hall–Kier alpha value is -3.01. The first-order valence-electron chi connectivity index (χ1n) is 13.4. The predicted molar refractivity (Wildman–Crippen MR) is 153 cm³/mol. The van der Waals surface area contributed by atoms with E-state index in [1.54, 1.807) is 6.20 Å². The molecule has 192 valence electrons. The third-order valence-electron chi connectivity index (χ3n) is 6.30. The summed E-state index contributed by atoms with van der Waals surface area (Å²) in [6.07, 6.45) is 17.0. The average Bonchev–Trinajstić information content (AvgIpc) is 3.31. The number of fused-ring (bicyclic) bond motifs is 1. The second-order valence-electron chi connectivity index (χ2n) is 12.2. The third kappa shape index (κ3) is 9.56. The zero-order valence-corrected chi connectivity index (χ0v) is 23.2. The van der Waals surface area contributed by atoms with Crippen LogP contribution in [0.2, 0.25) is 0 Å². The quantitative estimate of drug-likeness (QED) is 0.235. The van der Waals surface area contributed by atoms with Gasteiger partial charge < -0.3 is 4.57 Å². The SMILES string of the molecule is CC(C)(C)CCCCn1cnc(-c2cccnc2)c1.CC(C)(C)CCCc1ccnc2ccccc12. The fourth-order valence-corrected chi connectivity index (χ4v) is 4.28. The van der Waals surface area contributed by atoms with E-state index < -0.39 is 0 Å². The number of benzene rings is 1. The molecule has 0 saturated carbocycles. The van der Waals surface area contributed by atoms with E-state index in [4.69, 9.17) is 0 Å². The molecule has 3 heterocycles. The monoisotopic (exact) mass is 484 g/mol. The Morgan fingerprint density at radius 1 is 0.750 bits per heavy atom. The van der Waals surface area contributed by atoms with Crippen LogP contribution in [-0.4, -0.2) is 19.5 Å². The summed E-state index contributed by atoms with van der Waals surface area (Å²) in [5.41, 5.74) is 5.50. The number of aromatic nitrogens is 4. The van der Waals surface area contributed by atoms with Gasteiger partial charge in [0.25, 0.3) is 0 Å². The fraction of sp³-hybridized carbons (Fsp3) is 0.469. The van der Waals surface area contributed by atoms with Gasteiger partial charge in [-0.1, -0.05) is 66.2 Å². The van der Waals surface area contributed by atoms with E-state index in [1.807, 2.05) is 36.9 Å². The van der Waals surface area contributed by atoms with Crippen LogP contribution in [0.5, 0.6) is 0 Å². The lowest BCUT2D eigenvalue weighted by Crippen LogP contribution is -2.05. The van der Waals surface area contributed by atoms with Gasteiger partial charge in [0.05, 0.1) is 17.5 Å². The van der Waals surface area contributed by atoms with E-state index in [1.165, 1.54) is 43.1 Å². The predicted octanol–water partition coefficient (Wildman–Crippen LogP) is 8.77. The fourth-order valence-electron chi connectivity index (χ4n) is 4.28. The molecule has 4 aromatic rings. The highest BCUT2D eigenvalue weighted by Gasteiger charge is 2.10. The maximum atomic E-state index is 4.44. The Morgan fingerprint density at radius 3 is 2.22 bits per heavy atom. The van der Waals surface area contributed by atoms with Crippen molar-refractivity contribution in [2.45, 2.75) is 86.6 Å². The van der Waals surface area contributed by atoms with E-state index in [2.05, 4.69) is 91.5 Å². The molecule has 36 heavy (non-hydrogen) atoms. The minimum absolute atomic E-state index is 0.433. The zero-order chi connectivity index (χ0) is 26.0.